The molecule has 19 heavy (non-hydrogen) atoms. The summed E-state index contributed by atoms with van der Waals surface area (Å²) in [5.74, 6) is 0.0117. The van der Waals surface area contributed by atoms with Gasteiger partial charge in [0.1, 0.15) is 5.75 Å². The van der Waals surface area contributed by atoms with Crippen molar-refractivity contribution in [3.8, 4) is 5.75 Å². The van der Waals surface area contributed by atoms with Crippen molar-refractivity contribution in [3.05, 3.63) is 66.1 Å². The molecule has 0 fully saturated rings. The summed E-state index contributed by atoms with van der Waals surface area (Å²) in [6.07, 6.45) is 4.61. The average molecular weight is 254 g/mol. The molecule has 2 rings (SSSR count). The number of ketones is 1. The smallest absolute Gasteiger partial charge is 0.189 e. The van der Waals surface area contributed by atoms with E-state index in [2.05, 4.69) is 10.3 Å². The van der Waals surface area contributed by atoms with Crippen molar-refractivity contribution in [1.82, 2.24) is 4.98 Å². The second-order valence-electron chi connectivity index (χ2n) is 4.08. The van der Waals surface area contributed by atoms with E-state index < -0.39 is 0 Å². The molecule has 0 amide bonds. The zero-order chi connectivity index (χ0) is 13.7. The first-order valence-corrected chi connectivity index (χ1v) is 5.84. The van der Waals surface area contributed by atoms with Crippen LogP contribution in [0.1, 0.15) is 17.3 Å². The molecule has 0 bridgehead atoms. The molecule has 0 aliphatic rings. The van der Waals surface area contributed by atoms with Gasteiger partial charge in [-0.2, -0.15) is 0 Å². The lowest BCUT2D eigenvalue weighted by Gasteiger charge is -2.08. The van der Waals surface area contributed by atoms with Crippen molar-refractivity contribution in [3.63, 3.8) is 0 Å². The molecule has 0 saturated heterocycles. The molecule has 4 nitrogen and oxygen atoms in total. The molecule has 1 heterocycles. The Morgan fingerprint density at radius 1 is 1.26 bits per heavy atom. The minimum atomic E-state index is -0.131. The number of phenols is 1. The Morgan fingerprint density at radius 2 is 2.05 bits per heavy atom. The summed E-state index contributed by atoms with van der Waals surface area (Å²) in [5.41, 5.74) is 1.74. The lowest BCUT2D eigenvalue weighted by molar-refractivity contribution is 0.104. The third-order valence-corrected chi connectivity index (χ3v) is 2.53. The van der Waals surface area contributed by atoms with Crippen LogP contribution in [0, 0.1) is 0 Å². The fourth-order valence-corrected chi connectivity index (χ4v) is 1.62. The van der Waals surface area contributed by atoms with Crippen LogP contribution in [-0.2, 0) is 0 Å². The summed E-state index contributed by atoms with van der Waals surface area (Å²) in [7, 11) is 0. The van der Waals surface area contributed by atoms with E-state index in [9.17, 15) is 9.90 Å². The van der Waals surface area contributed by atoms with Crippen molar-refractivity contribution < 1.29 is 9.90 Å². The average Bonchev–Trinajstić information content (AvgIpc) is 2.42. The number of hydrogen-bond donors (Lipinski definition) is 2. The summed E-state index contributed by atoms with van der Waals surface area (Å²) in [6.45, 7) is 1.76. The van der Waals surface area contributed by atoms with Crippen LogP contribution in [0.4, 0.5) is 5.69 Å². The van der Waals surface area contributed by atoms with Crippen molar-refractivity contribution >= 4 is 11.5 Å². The topological polar surface area (TPSA) is 62.2 Å². The van der Waals surface area contributed by atoms with E-state index in [0.29, 0.717) is 16.9 Å². The molecule has 0 unspecified atom stereocenters. The predicted molar refractivity (Wildman–Crippen MR) is 74.1 cm³/mol. The second kappa shape index (κ2) is 5.82. The van der Waals surface area contributed by atoms with E-state index >= 15 is 0 Å². The Balaban J connectivity index is 2.12. The maximum atomic E-state index is 11.9. The number of hydrogen-bond acceptors (Lipinski definition) is 4. The third-order valence-electron chi connectivity index (χ3n) is 2.53. The van der Waals surface area contributed by atoms with Crippen LogP contribution in [0.2, 0.25) is 0 Å². The van der Waals surface area contributed by atoms with Gasteiger partial charge in [0.15, 0.2) is 5.78 Å². The summed E-state index contributed by atoms with van der Waals surface area (Å²) in [4.78, 5) is 15.8. The van der Waals surface area contributed by atoms with Gasteiger partial charge in [-0.25, -0.2) is 0 Å². The van der Waals surface area contributed by atoms with E-state index in [-0.39, 0.29) is 11.5 Å². The van der Waals surface area contributed by atoms with E-state index in [0.717, 1.165) is 0 Å². The van der Waals surface area contributed by atoms with Crippen LogP contribution < -0.4 is 5.32 Å². The highest BCUT2D eigenvalue weighted by atomic mass is 16.3. The van der Waals surface area contributed by atoms with Gasteiger partial charge < -0.3 is 10.4 Å². The van der Waals surface area contributed by atoms with E-state index in [1.165, 1.54) is 12.3 Å². The minimum absolute atomic E-state index is 0.131. The van der Waals surface area contributed by atoms with Gasteiger partial charge in [-0.15, -0.1) is 0 Å². The Bertz CT molecular complexity index is 607. The van der Waals surface area contributed by atoms with Crippen molar-refractivity contribution in [2.75, 3.05) is 5.32 Å². The number of benzene rings is 1. The van der Waals surface area contributed by atoms with E-state index in [1.54, 1.807) is 49.5 Å². The normalized spacial score (nSPS) is 11.1. The Hall–Kier alpha value is -2.62. The largest absolute Gasteiger partial charge is 0.506 e. The molecule has 2 N–H and O–H groups in total. The minimum Gasteiger partial charge on any atom is -0.506 e. The molecule has 0 aliphatic heterocycles. The van der Waals surface area contributed by atoms with Crippen LogP contribution in [0.25, 0.3) is 0 Å². The quantitative estimate of drug-likeness (QED) is 0.500. The van der Waals surface area contributed by atoms with Crippen molar-refractivity contribution in [1.29, 1.82) is 0 Å². The van der Waals surface area contributed by atoms with Gasteiger partial charge in [0, 0.05) is 29.7 Å². The molecule has 96 valence electrons. The number of anilines is 1. The number of carbonyl (C=O) groups is 1. The van der Waals surface area contributed by atoms with E-state index in [1.807, 2.05) is 0 Å². The monoisotopic (exact) mass is 254 g/mol. The highest BCUT2D eigenvalue weighted by Crippen LogP contribution is 2.22. The van der Waals surface area contributed by atoms with Crippen molar-refractivity contribution in [2.24, 2.45) is 0 Å². The first-order valence-electron chi connectivity index (χ1n) is 5.84. The van der Waals surface area contributed by atoms with Crippen LogP contribution in [0.15, 0.2) is 60.6 Å². The number of phenolic OH excluding ortho intramolecular Hbond substituents is 1. The van der Waals surface area contributed by atoms with Gasteiger partial charge >= 0.3 is 0 Å². The number of aromatic hydroxyl groups is 1. The lowest BCUT2D eigenvalue weighted by Crippen LogP contribution is -2.01. The third kappa shape index (κ3) is 3.42. The summed E-state index contributed by atoms with van der Waals surface area (Å²) < 4.78 is 0. The summed E-state index contributed by atoms with van der Waals surface area (Å²) in [5, 5.41) is 12.6. The highest BCUT2D eigenvalue weighted by Gasteiger charge is 2.04. The number of rotatable bonds is 4. The molecule has 1 aromatic heterocycles. The molecule has 0 saturated carbocycles. The molecule has 1 aromatic carbocycles. The fraction of sp³-hybridized carbons (Fsp3) is 0.0667. The standard InChI is InChI=1S/C15H14N2O2/c1-11(17-13-6-2-3-7-14(13)18)9-15(19)12-5-4-8-16-10-12/h2-10,17-18H,1H3. The molecule has 0 spiro atoms. The highest BCUT2D eigenvalue weighted by molar-refractivity contribution is 6.04. The number of nitrogens with zero attached hydrogens (tertiary/aromatic N) is 1. The van der Waals surface area contributed by atoms with Crippen LogP contribution in [-0.4, -0.2) is 15.9 Å². The zero-order valence-corrected chi connectivity index (χ0v) is 10.5. The fourth-order valence-electron chi connectivity index (χ4n) is 1.62. The number of para-hydroxylation sites is 2. The van der Waals surface area contributed by atoms with Gasteiger partial charge in [0.05, 0.1) is 5.69 Å². The Morgan fingerprint density at radius 3 is 2.74 bits per heavy atom. The molecular weight excluding hydrogens is 240 g/mol. The molecule has 0 radical (unpaired) electrons. The molecule has 4 heteroatoms. The molecular formula is C15H14N2O2. The number of nitrogens with one attached hydrogen (secondary N) is 1. The van der Waals surface area contributed by atoms with Gasteiger partial charge in [-0.3, -0.25) is 9.78 Å². The van der Waals surface area contributed by atoms with Gasteiger partial charge in [0.2, 0.25) is 0 Å². The van der Waals surface area contributed by atoms with Crippen molar-refractivity contribution in [2.45, 2.75) is 6.92 Å². The second-order valence-corrected chi connectivity index (χ2v) is 4.08. The Kier molecular flexibility index (Phi) is 3.93. The number of pyridine rings is 1. The summed E-state index contributed by atoms with van der Waals surface area (Å²) in [6, 6.07) is 10.3. The molecule has 0 aliphatic carbocycles. The van der Waals surface area contributed by atoms with Gasteiger partial charge in [0.25, 0.3) is 0 Å². The van der Waals surface area contributed by atoms with Crippen LogP contribution in [0.5, 0.6) is 5.75 Å². The Labute approximate surface area is 111 Å². The van der Waals surface area contributed by atoms with Crippen LogP contribution >= 0.6 is 0 Å². The lowest BCUT2D eigenvalue weighted by atomic mass is 10.1. The molecule has 0 atom stereocenters. The van der Waals surface area contributed by atoms with Gasteiger partial charge in [-0.05, 0) is 31.2 Å². The predicted octanol–water partition coefficient (Wildman–Crippen LogP) is 2.99. The van der Waals surface area contributed by atoms with E-state index in [4.69, 9.17) is 0 Å². The maximum Gasteiger partial charge on any atom is 0.189 e. The number of carbonyl (C=O) groups excluding carboxylic acids is 1. The first kappa shape index (κ1) is 12.8. The molecule has 2 aromatic rings. The SMILES string of the molecule is CC(=CC(=O)c1cccnc1)Nc1ccccc1O. The summed E-state index contributed by atoms with van der Waals surface area (Å²) >= 11 is 0. The maximum absolute atomic E-state index is 11.9. The first-order chi connectivity index (χ1) is 9.16. The number of aromatic nitrogens is 1. The zero-order valence-electron chi connectivity index (χ0n) is 10.5. The van der Waals surface area contributed by atoms with Gasteiger partial charge in [-0.1, -0.05) is 12.1 Å². The van der Waals surface area contributed by atoms with Crippen LogP contribution in [0.3, 0.4) is 0 Å². The number of allylic oxidation sites excluding steroid dienone is 2.